The third-order valence-electron chi connectivity index (χ3n) is 2.47. The summed E-state index contributed by atoms with van der Waals surface area (Å²) in [5.74, 6) is 0.382. The zero-order valence-corrected chi connectivity index (χ0v) is 7.75. The molecule has 1 rings (SSSR count). The molecule has 0 radical (unpaired) electrons. The fourth-order valence-corrected chi connectivity index (χ4v) is 1.68. The van der Waals surface area contributed by atoms with Crippen molar-refractivity contribution in [3.05, 3.63) is 0 Å². The number of aliphatic hydroxyl groups is 1. The second-order valence-electron chi connectivity index (χ2n) is 3.48. The summed E-state index contributed by atoms with van der Waals surface area (Å²) in [6, 6.07) is 0. The average molecular weight is 173 g/mol. The molecule has 0 saturated carbocycles. The van der Waals surface area contributed by atoms with Gasteiger partial charge in [0.25, 0.3) is 0 Å². The van der Waals surface area contributed by atoms with Crippen LogP contribution in [0.25, 0.3) is 0 Å². The molecular weight excluding hydrogens is 154 g/mol. The van der Waals surface area contributed by atoms with Crippen molar-refractivity contribution < 1.29 is 9.84 Å². The molecule has 0 aromatic heterocycles. The molecule has 0 amide bonds. The van der Waals surface area contributed by atoms with E-state index in [0.717, 1.165) is 19.5 Å². The molecule has 1 fully saturated rings. The van der Waals surface area contributed by atoms with Crippen LogP contribution in [-0.2, 0) is 4.74 Å². The van der Waals surface area contributed by atoms with Crippen molar-refractivity contribution in [3.8, 4) is 0 Å². The highest BCUT2D eigenvalue weighted by atomic mass is 16.5. The molecule has 0 bridgehead atoms. The summed E-state index contributed by atoms with van der Waals surface area (Å²) in [6.45, 7) is 2.49. The summed E-state index contributed by atoms with van der Waals surface area (Å²) in [7, 11) is 1.63. The van der Waals surface area contributed by atoms with Gasteiger partial charge in [0.2, 0.25) is 0 Å². The predicted molar refractivity (Wildman–Crippen MR) is 48.1 cm³/mol. The van der Waals surface area contributed by atoms with E-state index in [1.165, 1.54) is 12.8 Å². The molecule has 2 N–H and O–H groups in total. The average Bonchev–Trinajstić information content (AvgIpc) is 2.32. The number of rotatable bonds is 3. The quantitative estimate of drug-likeness (QED) is 0.648. The first-order valence-corrected chi connectivity index (χ1v) is 4.72. The Hall–Kier alpha value is -0.120. The second-order valence-corrected chi connectivity index (χ2v) is 3.48. The van der Waals surface area contributed by atoms with E-state index < -0.39 is 0 Å². The lowest BCUT2D eigenvalue weighted by molar-refractivity contribution is 0.0240. The molecule has 0 spiro atoms. The van der Waals surface area contributed by atoms with Crippen molar-refractivity contribution in [2.24, 2.45) is 5.92 Å². The number of aliphatic hydroxyl groups excluding tert-OH is 1. The van der Waals surface area contributed by atoms with Crippen LogP contribution in [-0.4, -0.2) is 38.0 Å². The summed E-state index contributed by atoms with van der Waals surface area (Å²) in [4.78, 5) is 0. The molecule has 0 aromatic carbocycles. The van der Waals surface area contributed by atoms with Crippen molar-refractivity contribution in [3.63, 3.8) is 0 Å². The Balaban J connectivity index is 2.27. The van der Waals surface area contributed by atoms with Crippen molar-refractivity contribution in [2.45, 2.75) is 25.4 Å². The van der Waals surface area contributed by atoms with Gasteiger partial charge in [-0.25, -0.2) is 0 Å². The molecule has 3 heteroatoms. The second kappa shape index (κ2) is 5.51. The lowest BCUT2D eigenvalue weighted by Gasteiger charge is -2.20. The fourth-order valence-electron chi connectivity index (χ4n) is 1.68. The van der Waals surface area contributed by atoms with Gasteiger partial charge >= 0.3 is 0 Å². The summed E-state index contributed by atoms with van der Waals surface area (Å²) in [5.41, 5.74) is 0. The molecule has 2 unspecified atom stereocenters. The van der Waals surface area contributed by atoms with Crippen molar-refractivity contribution in [1.82, 2.24) is 5.32 Å². The monoisotopic (exact) mass is 173 g/mol. The topological polar surface area (TPSA) is 41.5 Å². The SMILES string of the molecule is COCC(O)C1CCCCNC1. The lowest BCUT2D eigenvalue weighted by atomic mass is 9.98. The summed E-state index contributed by atoms with van der Waals surface area (Å²) < 4.78 is 4.92. The highest BCUT2D eigenvalue weighted by Gasteiger charge is 2.19. The van der Waals surface area contributed by atoms with Gasteiger partial charge in [0.1, 0.15) is 0 Å². The lowest BCUT2D eigenvalue weighted by Crippen LogP contribution is -2.32. The number of ether oxygens (including phenoxy) is 1. The van der Waals surface area contributed by atoms with Crippen LogP contribution in [0.1, 0.15) is 19.3 Å². The third-order valence-corrected chi connectivity index (χ3v) is 2.47. The Morgan fingerprint density at radius 3 is 3.17 bits per heavy atom. The van der Waals surface area contributed by atoms with E-state index in [0.29, 0.717) is 12.5 Å². The summed E-state index contributed by atoms with van der Waals surface area (Å²) >= 11 is 0. The Kier molecular flexibility index (Phi) is 4.58. The van der Waals surface area contributed by atoms with Gasteiger partial charge in [-0.2, -0.15) is 0 Å². The predicted octanol–water partition coefficient (Wildman–Crippen LogP) is 0.383. The van der Waals surface area contributed by atoms with Crippen molar-refractivity contribution in [2.75, 3.05) is 26.8 Å². The van der Waals surface area contributed by atoms with Crippen LogP contribution < -0.4 is 5.32 Å². The van der Waals surface area contributed by atoms with Crippen LogP contribution >= 0.6 is 0 Å². The first-order chi connectivity index (χ1) is 5.84. The van der Waals surface area contributed by atoms with Crippen LogP contribution in [0, 0.1) is 5.92 Å². The number of hydrogen-bond acceptors (Lipinski definition) is 3. The molecular formula is C9H19NO2. The van der Waals surface area contributed by atoms with Gasteiger partial charge in [-0.1, -0.05) is 6.42 Å². The van der Waals surface area contributed by atoms with Crippen molar-refractivity contribution in [1.29, 1.82) is 0 Å². The van der Waals surface area contributed by atoms with Gasteiger partial charge in [-0.3, -0.25) is 0 Å². The number of nitrogens with one attached hydrogen (secondary N) is 1. The molecule has 1 aliphatic heterocycles. The highest BCUT2D eigenvalue weighted by molar-refractivity contribution is 4.73. The van der Waals surface area contributed by atoms with E-state index >= 15 is 0 Å². The zero-order valence-electron chi connectivity index (χ0n) is 7.75. The van der Waals surface area contributed by atoms with Crippen molar-refractivity contribution >= 4 is 0 Å². The van der Waals surface area contributed by atoms with Crippen LogP contribution in [0.3, 0.4) is 0 Å². The Morgan fingerprint density at radius 1 is 1.58 bits per heavy atom. The molecule has 0 aromatic rings. The standard InChI is InChI=1S/C9H19NO2/c1-12-7-9(11)8-4-2-3-5-10-6-8/h8-11H,2-7H2,1H3. The molecule has 12 heavy (non-hydrogen) atoms. The zero-order chi connectivity index (χ0) is 8.81. The minimum atomic E-state index is -0.291. The van der Waals surface area contributed by atoms with E-state index in [1.54, 1.807) is 7.11 Å². The van der Waals surface area contributed by atoms with Gasteiger partial charge in [0, 0.05) is 13.7 Å². The minimum absolute atomic E-state index is 0.291. The van der Waals surface area contributed by atoms with E-state index in [1.807, 2.05) is 0 Å². The molecule has 1 heterocycles. The third kappa shape index (κ3) is 3.09. The molecule has 0 aliphatic carbocycles. The summed E-state index contributed by atoms with van der Waals surface area (Å²) in [6.07, 6.45) is 3.28. The van der Waals surface area contributed by atoms with Gasteiger partial charge < -0.3 is 15.2 Å². The van der Waals surface area contributed by atoms with E-state index in [2.05, 4.69) is 5.32 Å². The number of hydrogen-bond donors (Lipinski definition) is 2. The first kappa shape index (κ1) is 9.96. The number of methoxy groups -OCH3 is 1. The van der Waals surface area contributed by atoms with E-state index in [-0.39, 0.29) is 6.10 Å². The van der Waals surface area contributed by atoms with E-state index in [4.69, 9.17) is 4.74 Å². The van der Waals surface area contributed by atoms with Gasteiger partial charge in [-0.05, 0) is 25.3 Å². The Labute approximate surface area is 74.1 Å². The molecule has 2 atom stereocenters. The molecule has 3 nitrogen and oxygen atoms in total. The minimum Gasteiger partial charge on any atom is -0.390 e. The first-order valence-electron chi connectivity index (χ1n) is 4.72. The van der Waals surface area contributed by atoms with Gasteiger partial charge in [0.05, 0.1) is 12.7 Å². The largest absolute Gasteiger partial charge is 0.390 e. The molecule has 1 saturated heterocycles. The maximum atomic E-state index is 9.63. The maximum absolute atomic E-state index is 9.63. The van der Waals surface area contributed by atoms with Gasteiger partial charge in [0.15, 0.2) is 0 Å². The Bertz CT molecular complexity index is 111. The normalized spacial score (nSPS) is 28.0. The van der Waals surface area contributed by atoms with Crippen LogP contribution in [0.5, 0.6) is 0 Å². The van der Waals surface area contributed by atoms with Gasteiger partial charge in [-0.15, -0.1) is 0 Å². The van der Waals surface area contributed by atoms with Crippen LogP contribution in [0.15, 0.2) is 0 Å². The molecule has 72 valence electrons. The maximum Gasteiger partial charge on any atom is 0.0813 e. The van der Waals surface area contributed by atoms with Crippen LogP contribution in [0.2, 0.25) is 0 Å². The smallest absolute Gasteiger partial charge is 0.0813 e. The fraction of sp³-hybridized carbons (Fsp3) is 1.00. The summed E-state index contributed by atoms with van der Waals surface area (Å²) in [5, 5.41) is 13.0. The highest BCUT2D eigenvalue weighted by Crippen LogP contribution is 2.15. The molecule has 1 aliphatic rings. The van der Waals surface area contributed by atoms with E-state index in [9.17, 15) is 5.11 Å². The Morgan fingerprint density at radius 2 is 2.42 bits per heavy atom. The van der Waals surface area contributed by atoms with Crippen LogP contribution in [0.4, 0.5) is 0 Å².